The largest absolute Gasteiger partial charge is 0.454 e. The number of aliphatic hydroxyl groups is 1. The highest BCUT2D eigenvalue weighted by atomic mass is 35.5. The second kappa shape index (κ2) is 5.44. The number of aliphatic hydroxyl groups excluding tert-OH is 1. The number of hydrogen-bond donors (Lipinski definition) is 2. The molecule has 1 aromatic rings. The van der Waals surface area contributed by atoms with Crippen LogP contribution in [0.5, 0.6) is 11.5 Å². The van der Waals surface area contributed by atoms with Gasteiger partial charge in [-0.15, -0.1) is 12.4 Å². The lowest BCUT2D eigenvalue weighted by atomic mass is 10.0. The molecule has 0 spiro atoms. The van der Waals surface area contributed by atoms with Crippen molar-refractivity contribution in [3.63, 3.8) is 0 Å². The van der Waals surface area contributed by atoms with E-state index >= 15 is 0 Å². The summed E-state index contributed by atoms with van der Waals surface area (Å²) < 4.78 is 36.6. The summed E-state index contributed by atoms with van der Waals surface area (Å²) in [6, 6.07) is 0.973. The Labute approximate surface area is 113 Å². The number of halogens is 4. The normalized spacial score (nSPS) is 15.2. The third-order valence-corrected chi connectivity index (χ3v) is 2.82. The predicted molar refractivity (Wildman–Crippen MR) is 63.8 cm³/mol. The summed E-state index contributed by atoms with van der Waals surface area (Å²) in [6.45, 7) is -1.33. The van der Waals surface area contributed by atoms with Crippen molar-refractivity contribution in [3.8, 4) is 11.5 Å². The Morgan fingerprint density at radius 3 is 2.50 bits per heavy atom. The fraction of sp³-hybridized carbons (Fsp3) is 0.400. The Balaban J connectivity index is 0.00000162. The van der Waals surface area contributed by atoms with Crippen molar-refractivity contribution < 1.29 is 23.4 Å². The van der Waals surface area contributed by atoms with Gasteiger partial charge in [-0.05, 0) is 11.6 Å². The Bertz CT molecular complexity index is 445. The minimum Gasteiger partial charge on any atom is -0.454 e. The van der Waals surface area contributed by atoms with Crippen molar-refractivity contribution in [3.05, 3.63) is 22.7 Å². The third-order valence-electron chi connectivity index (χ3n) is 2.49. The molecule has 1 aromatic carbocycles. The summed E-state index contributed by atoms with van der Waals surface area (Å²) in [6.07, 6.45) is 0. The maximum atomic E-state index is 13.3. The van der Waals surface area contributed by atoms with E-state index in [2.05, 4.69) is 0 Å². The van der Waals surface area contributed by atoms with Gasteiger partial charge in [0.25, 0.3) is 5.92 Å². The van der Waals surface area contributed by atoms with E-state index in [0.717, 1.165) is 0 Å². The van der Waals surface area contributed by atoms with Gasteiger partial charge in [-0.1, -0.05) is 11.6 Å². The van der Waals surface area contributed by atoms with Crippen molar-refractivity contribution in [2.24, 2.45) is 5.73 Å². The van der Waals surface area contributed by atoms with Crippen LogP contribution in [0.2, 0.25) is 5.02 Å². The summed E-state index contributed by atoms with van der Waals surface area (Å²) in [7, 11) is 0. The minimum atomic E-state index is -3.45. The molecule has 1 atom stereocenters. The van der Waals surface area contributed by atoms with Gasteiger partial charge in [0.1, 0.15) is 6.61 Å². The van der Waals surface area contributed by atoms with Crippen LogP contribution in [0, 0.1) is 0 Å². The molecule has 102 valence electrons. The van der Waals surface area contributed by atoms with Gasteiger partial charge >= 0.3 is 0 Å². The number of hydrogen-bond acceptors (Lipinski definition) is 4. The molecule has 0 aliphatic carbocycles. The molecule has 1 aliphatic heterocycles. The fourth-order valence-electron chi connectivity index (χ4n) is 1.50. The summed E-state index contributed by atoms with van der Waals surface area (Å²) in [5, 5.41) is 8.63. The first-order valence-electron chi connectivity index (χ1n) is 4.79. The van der Waals surface area contributed by atoms with Crippen LogP contribution in [0.1, 0.15) is 11.6 Å². The standard InChI is InChI=1S/C10H10ClF2NO3.ClH/c11-6-2-8-7(16-4-17-8)1-5(6)9(14)10(12,13)3-15;/h1-2,9,15H,3-4,14H2;1H/t9-;/m0./s1. The van der Waals surface area contributed by atoms with Crippen LogP contribution in [0.3, 0.4) is 0 Å². The van der Waals surface area contributed by atoms with Crippen LogP contribution < -0.4 is 15.2 Å². The molecule has 0 saturated carbocycles. The van der Waals surface area contributed by atoms with Gasteiger partial charge in [0.15, 0.2) is 11.5 Å². The van der Waals surface area contributed by atoms with Crippen molar-refractivity contribution in [2.75, 3.05) is 13.4 Å². The molecule has 18 heavy (non-hydrogen) atoms. The summed E-state index contributed by atoms with van der Waals surface area (Å²) in [4.78, 5) is 0. The first-order chi connectivity index (χ1) is 7.95. The van der Waals surface area contributed by atoms with Crippen LogP contribution in [0.25, 0.3) is 0 Å². The number of alkyl halides is 2. The number of benzene rings is 1. The van der Waals surface area contributed by atoms with E-state index < -0.39 is 18.6 Å². The van der Waals surface area contributed by atoms with Gasteiger partial charge in [-0.25, -0.2) is 8.78 Å². The lowest BCUT2D eigenvalue weighted by Crippen LogP contribution is -2.36. The second-order valence-corrected chi connectivity index (χ2v) is 4.03. The highest BCUT2D eigenvalue weighted by Crippen LogP contribution is 2.41. The summed E-state index contributed by atoms with van der Waals surface area (Å²) >= 11 is 5.84. The number of rotatable bonds is 3. The average molecular weight is 302 g/mol. The van der Waals surface area contributed by atoms with Crippen molar-refractivity contribution in [2.45, 2.75) is 12.0 Å². The van der Waals surface area contributed by atoms with Crippen LogP contribution in [-0.4, -0.2) is 24.4 Å². The number of fused-ring (bicyclic) bond motifs is 1. The molecule has 0 aromatic heterocycles. The second-order valence-electron chi connectivity index (χ2n) is 3.62. The molecular formula is C10H11Cl2F2NO3. The Hall–Kier alpha value is -0.820. The molecule has 0 fully saturated rings. The van der Waals surface area contributed by atoms with Gasteiger partial charge in [-0.3, -0.25) is 0 Å². The van der Waals surface area contributed by atoms with Crippen molar-refractivity contribution in [1.29, 1.82) is 0 Å². The fourth-order valence-corrected chi connectivity index (χ4v) is 1.77. The molecule has 1 heterocycles. The molecule has 0 saturated heterocycles. The number of nitrogens with two attached hydrogens (primary N) is 1. The zero-order valence-electron chi connectivity index (χ0n) is 9.03. The first kappa shape index (κ1) is 15.2. The first-order valence-corrected chi connectivity index (χ1v) is 5.17. The van der Waals surface area contributed by atoms with Crippen molar-refractivity contribution in [1.82, 2.24) is 0 Å². The molecule has 2 rings (SSSR count). The molecule has 1 aliphatic rings. The van der Waals surface area contributed by atoms with E-state index in [1.54, 1.807) is 0 Å². The topological polar surface area (TPSA) is 64.7 Å². The van der Waals surface area contributed by atoms with E-state index in [4.69, 9.17) is 31.9 Å². The van der Waals surface area contributed by atoms with Crippen LogP contribution >= 0.6 is 24.0 Å². The SMILES string of the molecule is Cl.N[C@@H](c1cc2c(cc1Cl)OCO2)C(F)(F)CO. The van der Waals surface area contributed by atoms with Crippen molar-refractivity contribution >= 4 is 24.0 Å². The zero-order valence-corrected chi connectivity index (χ0v) is 10.6. The smallest absolute Gasteiger partial charge is 0.289 e. The van der Waals surface area contributed by atoms with E-state index in [-0.39, 0.29) is 29.8 Å². The number of ether oxygens (including phenoxy) is 2. The van der Waals surface area contributed by atoms with E-state index in [9.17, 15) is 8.78 Å². The Kier molecular flexibility index (Phi) is 4.61. The monoisotopic (exact) mass is 301 g/mol. The van der Waals surface area contributed by atoms with Gasteiger partial charge < -0.3 is 20.3 Å². The lowest BCUT2D eigenvalue weighted by molar-refractivity contribution is -0.0711. The molecule has 4 nitrogen and oxygen atoms in total. The highest BCUT2D eigenvalue weighted by molar-refractivity contribution is 6.31. The molecule has 8 heteroatoms. The van der Waals surface area contributed by atoms with Gasteiger partial charge in [0.05, 0.1) is 6.04 Å². The van der Waals surface area contributed by atoms with E-state index in [0.29, 0.717) is 11.5 Å². The summed E-state index contributed by atoms with van der Waals surface area (Å²) in [5.41, 5.74) is 5.40. The quantitative estimate of drug-likeness (QED) is 0.897. The van der Waals surface area contributed by atoms with Crippen LogP contribution in [0.15, 0.2) is 12.1 Å². The molecule has 0 bridgehead atoms. The zero-order chi connectivity index (χ0) is 12.6. The minimum absolute atomic E-state index is 0. The molecular weight excluding hydrogens is 291 g/mol. The third kappa shape index (κ3) is 2.61. The van der Waals surface area contributed by atoms with E-state index in [1.165, 1.54) is 12.1 Å². The Morgan fingerprint density at radius 1 is 1.39 bits per heavy atom. The van der Waals surface area contributed by atoms with E-state index in [1.807, 2.05) is 0 Å². The lowest BCUT2D eigenvalue weighted by Gasteiger charge is -2.22. The molecule has 0 radical (unpaired) electrons. The van der Waals surface area contributed by atoms with Gasteiger partial charge in [0.2, 0.25) is 6.79 Å². The Morgan fingerprint density at radius 2 is 1.94 bits per heavy atom. The maximum absolute atomic E-state index is 13.3. The summed E-state index contributed by atoms with van der Waals surface area (Å²) in [5.74, 6) is -2.75. The van der Waals surface area contributed by atoms with Crippen LogP contribution in [-0.2, 0) is 0 Å². The highest BCUT2D eigenvalue weighted by Gasteiger charge is 2.39. The molecule has 3 N–H and O–H groups in total. The van der Waals surface area contributed by atoms with Crippen LogP contribution in [0.4, 0.5) is 8.78 Å². The average Bonchev–Trinajstić information content (AvgIpc) is 2.73. The van der Waals surface area contributed by atoms with Gasteiger partial charge in [-0.2, -0.15) is 0 Å². The maximum Gasteiger partial charge on any atom is 0.289 e. The molecule has 0 amide bonds. The predicted octanol–water partition coefficient (Wildman–Crippen LogP) is 2.12. The van der Waals surface area contributed by atoms with Gasteiger partial charge in [0, 0.05) is 11.1 Å². The molecule has 0 unspecified atom stereocenters.